The van der Waals surface area contributed by atoms with Crippen LogP contribution in [0.25, 0.3) is 10.9 Å². The summed E-state index contributed by atoms with van der Waals surface area (Å²) < 4.78 is 13.2. The van der Waals surface area contributed by atoms with Crippen molar-refractivity contribution in [3.63, 3.8) is 0 Å². The Labute approximate surface area is 213 Å². The Morgan fingerprint density at radius 3 is 2.51 bits per heavy atom. The Hall–Kier alpha value is -2.44. The van der Waals surface area contributed by atoms with Crippen molar-refractivity contribution in [3.05, 3.63) is 59.3 Å². The Kier molecular flexibility index (Phi) is 7.53. The fourth-order valence-electron chi connectivity index (χ4n) is 5.13. The molecule has 0 amide bonds. The highest BCUT2D eigenvalue weighted by molar-refractivity contribution is 7.98. The van der Waals surface area contributed by atoms with Crippen molar-refractivity contribution in [2.24, 2.45) is 5.92 Å². The van der Waals surface area contributed by atoms with Gasteiger partial charge in [0.25, 0.3) is 0 Å². The molecular formula is C29H38N2O3S. The number of piperidine rings is 1. The summed E-state index contributed by atoms with van der Waals surface area (Å²) in [7, 11) is 1.73. The van der Waals surface area contributed by atoms with Crippen LogP contribution in [0.1, 0.15) is 63.3 Å². The first-order valence-electron chi connectivity index (χ1n) is 12.4. The van der Waals surface area contributed by atoms with Crippen LogP contribution in [0.4, 0.5) is 4.79 Å². The number of fused-ring (bicyclic) bond motifs is 1. The molecule has 35 heavy (non-hydrogen) atoms. The molecule has 0 bridgehead atoms. The number of carbonyl (C=O) groups is 1. The van der Waals surface area contributed by atoms with Crippen molar-refractivity contribution in [2.45, 2.75) is 70.5 Å². The molecule has 0 spiro atoms. The molecule has 3 aromatic rings. The van der Waals surface area contributed by atoms with E-state index in [9.17, 15) is 4.79 Å². The summed E-state index contributed by atoms with van der Waals surface area (Å²) in [4.78, 5) is 16.8. The van der Waals surface area contributed by atoms with E-state index in [4.69, 9.17) is 9.47 Å². The largest absolute Gasteiger partial charge is 0.496 e. The van der Waals surface area contributed by atoms with E-state index in [1.807, 2.05) is 46.0 Å². The molecule has 5 nitrogen and oxygen atoms in total. The van der Waals surface area contributed by atoms with Crippen LogP contribution in [-0.4, -0.2) is 41.1 Å². The maximum Gasteiger partial charge on any atom is 0.419 e. The summed E-state index contributed by atoms with van der Waals surface area (Å²) >= 11 is 1.77. The van der Waals surface area contributed by atoms with Gasteiger partial charge in [-0.05, 0) is 94.6 Å². The highest BCUT2D eigenvalue weighted by Gasteiger charge is 2.30. The lowest BCUT2D eigenvalue weighted by molar-refractivity contribution is 0.0544. The number of rotatable bonds is 5. The Morgan fingerprint density at radius 1 is 1.17 bits per heavy atom. The van der Waals surface area contributed by atoms with Gasteiger partial charge in [-0.25, -0.2) is 4.79 Å². The molecule has 0 aliphatic carbocycles. The summed E-state index contributed by atoms with van der Waals surface area (Å²) in [5.41, 5.74) is 3.81. The SMILES string of the molecule is COc1cc(C)c2c(ccn2C(=O)OC(C)(C)C)c1CN1CC[C@@H](C)CC1c1ccc(SC)cc1. The first-order chi connectivity index (χ1) is 16.6. The van der Waals surface area contributed by atoms with Crippen LogP contribution < -0.4 is 4.74 Å². The molecule has 188 valence electrons. The van der Waals surface area contributed by atoms with Crippen molar-refractivity contribution >= 4 is 28.8 Å². The topological polar surface area (TPSA) is 43.7 Å². The molecular weight excluding hydrogens is 456 g/mol. The van der Waals surface area contributed by atoms with Gasteiger partial charge in [-0.3, -0.25) is 9.47 Å². The summed E-state index contributed by atoms with van der Waals surface area (Å²) in [5.74, 6) is 1.55. The van der Waals surface area contributed by atoms with Gasteiger partial charge in [0.1, 0.15) is 11.4 Å². The zero-order chi connectivity index (χ0) is 25.3. The number of likely N-dealkylation sites (tertiary alicyclic amines) is 1. The second-order valence-electron chi connectivity index (χ2n) is 10.7. The minimum absolute atomic E-state index is 0.351. The number of hydrogen-bond donors (Lipinski definition) is 0. The average Bonchev–Trinajstić information content (AvgIpc) is 3.27. The normalized spacial score (nSPS) is 19.2. The molecule has 2 heterocycles. The Bertz CT molecular complexity index is 1190. The summed E-state index contributed by atoms with van der Waals surface area (Å²) in [6.07, 6.45) is 5.89. The van der Waals surface area contributed by atoms with E-state index in [2.05, 4.69) is 42.3 Å². The average molecular weight is 495 g/mol. The molecule has 1 aliphatic rings. The highest BCUT2D eigenvalue weighted by Crippen LogP contribution is 2.39. The van der Waals surface area contributed by atoms with Crippen LogP contribution in [0.3, 0.4) is 0 Å². The lowest BCUT2D eigenvalue weighted by Gasteiger charge is -2.39. The first-order valence-corrected chi connectivity index (χ1v) is 13.6. The third kappa shape index (κ3) is 5.54. The van der Waals surface area contributed by atoms with Gasteiger partial charge in [0.15, 0.2) is 0 Å². The van der Waals surface area contributed by atoms with E-state index in [0.29, 0.717) is 12.0 Å². The molecule has 0 radical (unpaired) electrons. The summed E-state index contributed by atoms with van der Waals surface area (Å²) in [6.45, 7) is 11.8. The second kappa shape index (κ2) is 10.3. The van der Waals surface area contributed by atoms with E-state index < -0.39 is 5.60 Å². The predicted octanol–water partition coefficient (Wildman–Crippen LogP) is 7.44. The lowest BCUT2D eigenvalue weighted by atomic mass is 9.87. The lowest BCUT2D eigenvalue weighted by Crippen LogP contribution is -2.36. The molecule has 4 rings (SSSR count). The Balaban J connectivity index is 1.73. The minimum Gasteiger partial charge on any atom is -0.496 e. The van der Waals surface area contributed by atoms with Gasteiger partial charge in [0.2, 0.25) is 0 Å². The number of ether oxygens (including phenoxy) is 2. The molecule has 1 fully saturated rings. The van der Waals surface area contributed by atoms with E-state index >= 15 is 0 Å². The van der Waals surface area contributed by atoms with Crippen molar-refractivity contribution in [3.8, 4) is 5.75 Å². The number of aromatic nitrogens is 1. The number of thioether (sulfide) groups is 1. The van der Waals surface area contributed by atoms with Gasteiger partial charge in [0.05, 0.1) is 12.6 Å². The monoisotopic (exact) mass is 494 g/mol. The molecule has 2 aromatic carbocycles. The van der Waals surface area contributed by atoms with E-state index in [1.54, 1.807) is 23.4 Å². The van der Waals surface area contributed by atoms with Gasteiger partial charge in [-0.1, -0.05) is 19.1 Å². The van der Waals surface area contributed by atoms with Gasteiger partial charge < -0.3 is 9.47 Å². The summed E-state index contributed by atoms with van der Waals surface area (Å²) in [5, 5.41) is 1.04. The molecule has 1 unspecified atom stereocenters. The highest BCUT2D eigenvalue weighted by atomic mass is 32.2. The molecule has 2 atom stereocenters. The number of nitrogens with zero attached hydrogens (tertiary/aromatic N) is 2. The first kappa shape index (κ1) is 25.6. The standard InChI is InChI=1S/C29H38N2O3S/c1-19-12-14-30(25(16-19)21-8-10-22(35-7)11-9-21)18-24-23-13-15-31(28(32)34-29(3,4)5)27(23)20(2)17-26(24)33-6/h8-11,13,15,17,19,25H,12,14,16,18H2,1-7H3/t19-,25?/m1/s1. The van der Waals surface area contributed by atoms with Crippen LogP contribution in [-0.2, 0) is 11.3 Å². The maximum atomic E-state index is 13.0. The number of benzene rings is 2. The van der Waals surface area contributed by atoms with Crippen LogP contribution in [0.2, 0.25) is 0 Å². The van der Waals surface area contributed by atoms with Crippen LogP contribution in [0.5, 0.6) is 5.75 Å². The smallest absolute Gasteiger partial charge is 0.419 e. The van der Waals surface area contributed by atoms with E-state index in [0.717, 1.165) is 47.3 Å². The Morgan fingerprint density at radius 2 is 1.89 bits per heavy atom. The van der Waals surface area contributed by atoms with Crippen molar-refractivity contribution in [2.75, 3.05) is 19.9 Å². The second-order valence-corrected chi connectivity index (χ2v) is 11.6. The van der Waals surface area contributed by atoms with Gasteiger partial charge in [-0.15, -0.1) is 11.8 Å². The third-order valence-electron chi connectivity index (χ3n) is 6.88. The zero-order valence-corrected chi connectivity index (χ0v) is 22.9. The molecule has 0 saturated carbocycles. The van der Waals surface area contributed by atoms with Gasteiger partial charge in [-0.2, -0.15) is 0 Å². The fraction of sp³-hybridized carbons (Fsp3) is 0.483. The number of methoxy groups -OCH3 is 1. The molecule has 6 heteroatoms. The van der Waals surface area contributed by atoms with Crippen LogP contribution in [0, 0.1) is 12.8 Å². The summed E-state index contributed by atoms with van der Waals surface area (Å²) in [6, 6.07) is 13.4. The molecule has 1 aliphatic heterocycles. The minimum atomic E-state index is -0.555. The van der Waals surface area contributed by atoms with E-state index in [-0.39, 0.29) is 6.09 Å². The molecule has 1 aromatic heterocycles. The van der Waals surface area contributed by atoms with Crippen molar-refractivity contribution < 1.29 is 14.3 Å². The number of hydrogen-bond acceptors (Lipinski definition) is 5. The fourth-order valence-corrected chi connectivity index (χ4v) is 5.54. The van der Waals surface area contributed by atoms with Crippen LogP contribution >= 0.6 is 11.8 Å². The molecule has 1 saturated heterocycles. The number of carbonyl (C=O) groups excluding carboxylic acids is 1. The van der Waals surface area contributed by atoms with Crippen molar-refractivity contribution in [1.29, 1.82) is 0 Å². The van der Waals surface area contributed by atoms with Crippen molar-refractivity contribution in [1.82, 2.24) is 9.47 Å². The maximum absolute atomic E-state index is 13.0. The number of aryl methyl sites for hydroxylation is 1. The molecule has 0 N–H and O–H groups in total. The predicted molar refractivity (Wildman–Crippen MR) is 145 cm³/mol. The van der Waals surface area contributed by atoms with Gasteiger partial charge in [0, 0.05) is 34.6 Å². The van der Waals surface area contributed by atoms with E-state index in [1.165, 1.54) is 16.9 Å². The van der Waals surface area contributed by atoms with Gasteiger partial charge >= 0.3 is 6.09 Å². The zero-order valence-electron chi connectivity index (χ0n) is 22.1. The van der Waals surface area contributed by atoms with Crippen LogP contribution in [0.15, 0.2) is 47.5 Å². The third-order valence-corrected chi connectivity index (χ3v) is 7.62. The quantitative estimate of drug-likeness (QED) is 0.345.